The van der Waals surface area contributed by atoms with Crippen LogP contribution in [0.4, 0.5) is 0 Å². The van der Waals surface area contributed by atoms with E-state index >= 15 is 0 Å². The third-order valence-corrected chi connectivity index (χ3v) is 5.82. The van der Waals surface area contributed by atoms with Crippen LogP contribution in [0.5, 0.6) is 0 Å². The van der Waals surface area contributed by atoms with Crippen molar-refractivity contribution in [2.45, 2.75) is 38.3 Å². The minimum Gasteiger partial charge on any atom is -0.353 e. The van der Waals surface area contributed by atoms with Gasteiger partial charge in [0.1, 0.15) is 6.54 Å². The standard InChI is InChI=1S/C17H26N4OS.HI/c1-21(2)16(22)11-19-17(18-10-14-4-3-7-23-14)20-15-9-12-5-6-13(15)8-12;/h3-4,7,12-13,15H,5-6,8-11H2,1-2H3,(H2,18,19,20);1H. The number of fused-ring (bicyclic) bond motifs is 2. The van der Waals surface area contributed by atoms with Crippen molar-refractivity contribution in [3.8, 4) is 0 Å². The fourth-order valence-electron chi connectivity index (χ4n) is 3.62. The Bertz CT molecular complexity index is 561. The molecule has 5 nitrogen and oxygen atoms in total. The number of hydrogen-bond acceptors (Lipinski definition) is 3. The zero-order chi connectivity index (χ0) is 16.2. The highest BCUT2D eigenvalue weighted by atomic mass is 127. The molecule has 0 aliphatic heterocycles. The summed E-state index contributed by atoms with van der Waals surface area (Å²) in [6, 6.07) is 4.67. The van der Waals surface area contributed by atoms with Crippen molar-refractivity contribution in [3.05, 3.63) is 22.4 Å². The molecule has 1 aromatic rings. The Labute approximate surface area is 165 Å². The molecule has 0 radical (unpaired) electrons. The molecule has 1 amide bonds. The molecule has 0 saturated heterocycles. The number of aliphatic imine (C=N–C) groups is 1. The molecule has 2 N–H and O–H groups in total. The average Bonchev–Trinajstić information content (AvgIpc) is 3.26. The van der Waals surface area contributed by atoms with Gasteiger partial charge >= 0.3 is 0 Å². The van der Waals surface area contributed by atoms with Crippen LogP contribution in [0.2, 0.25) is 0 Å². The second kappa shape index (κ2) is 9.03. The van der Waals surface area contributed by atoms with Crippen molar-refractivity contribution >= 4 is 47.2 Å². The van der Waals surface area contributed by atoms with E-state index in [-0.39, 0.29) is 36.4 Å². The van der Waals surface area contributed by atoms with Crippen LogP contribution in [0.3, 0.4) is 0 Å². The van der Waals surface area contributed by atoms with E-state index < -0.39 is 0 Å². The lowest BCUT2D eigenvalue weighted by Gasteiger charge is -2.25. The molecule has 3 atom stereocenters. The van der Waals surface area contributed by atoms with Gasteiger partial charge in [-0.1, -0.05) is 12.5 Å². The molecule has 3 rings (SSSR count). The minimum atomic E-state index is 0. The van der Waals surface area contributed by atoms with Gasteiger partial charge in [0, 0.05) is 25.0 Å². The summed E-state index contributed by atoms with van der Waals surface area (Å²) in [6.45, 7) is 0.939. The lowest BCUT2D eigenvalue weighted by atomic mass is 9.95. The van der Waals surface area contributed by atoms with Crippen LogP contribution >= 0.6 is 35.3 Å². The number of halogens is 1. The van der Waals surface area contributed by atoms with Crippen molar-refractivity contribution in [2.24, 2.45) is 16.8 Å². The molecule has 2 fully saturated rings. The molecule has 2 aliphatic carbocycles. The molecular formula is C17H27IN4OS. The van der Waals surface area contributed by atoms with Crippen LogP contribution in [-0.2, 0) is 11.3 Å². The molecule has 2 saturated carbocycles. The van der Waals surface area contributed by atoms with E-state index in [1.54, 1.807) is 30.3 Å². The lowest BCUT2D eigenvalue weighted by Crippen LogP contribution is -2.45. The Morgan fingerprint density at radius 2 is 2.21 bits per heavy atom. The quantitative estimate of drug-likeness (QED) is 0.402. The van der Waals surface area contributed by atoms with Gasteiger partial charge in [0.25, 0.3) is 0 Å². The number of thiophene rings is 1. The maximum absolute atomic E-state index is 11.8. The summed E-state index contributed by atoms with van der Waals surface area (Å²) >= 11 is 1.73. The predicted octanol–water partition coefficient (Wildman–Crippen LogP) is 2.68. The SMILES string of the molecule is CN(C)C(=O)CN=C(NCc1cccs1)NC1CC2CCC1C2.I. The summed E-state index contributed by atoms with van der Waals surface area (Å²) in [4.78, 5) is 19.2. The topological polar surface area (TPSA) is 56.7 Å². The fraction of sp³-hybridized carbons (Fsp3) is 0.647. The lowest BCUT2D eigenvalue weighted by molar-refractivity contribution is -0.127. The van der Waals surface area contributed by atoms with E-state index in [1.165, 1.54) is 30.6 Å². The zero-order valence-electron chi connectivity index (χ0n) is 14.3. The zero-order valence-corrected chi connectivity index (χ0v) is 17.5. The van der Waals surface area contributed by atoms with Crippen molar-refractivity contribution in [3.63, 3.8) is 0 Å². The maximum Gasteiger partial charge on any atom is 0.243 e. The molecule has 0 aromatic carbocycles. The smallest absolute Gasteiger partial charge is 0.243 e. The first-order valence-corrected chi connectivity index (χ1v) is 9.27. The number of guanidine groups is 1. The summed E-state index contributed by atoms with van der Waals surface area (Å²) in [5.74, 6) is 2.46. The van der Waals surface area contributed by atoms with E-state index in [4.69, 9.17) is 0 Å². The number of rotatable bonds is 5. The van der Waals surface area contributed by atoms with Gasteiger partial charge < -0.3 is 15.5 Å². The highest BCUT2D eigenvalue weighted by Crippen LogP contribution is 2.44. The van der Waals surface area contributed by atoms with Gasteiger partial charge in [-0.15, -0.1) is 35.3 Å². The first kappa shape index (κ1) is 19.5. The van der Waals surface area contributed by atoms with Crippen LogP contribution in [0, 0.1) is 11.8 Å². The number of likely N-dealkylation sites (N-methyl/N-ethyl adjacent to an activating group) is 1. The molecular weight excluding hydrogens is 435 g/mol. The summed E-state index contributed by atoms with van der Waals surface area (Å²) in [7, 11) is 3.53. The Morgan fingerprint density at radius 3 is 2.79 bits per heavy atom. The van der Waals surface area contributed by atoms with E-state index in [0.717, 1.165) is 24.3 Å². The van der Waals surface area contributed by atoms with Crippen molar-refractivity contribution in [1.82, 2.24) is 15.5 Å². The Morgan fingerprint density at radius 1 is 1.38 bits per heavy atom. The first-order chi connectivity index (χ1) is 11.1. The molecule has 7 heteroatoms. The summed E-state index contributed by atoms with van der Waals surface area (Å²) in [5, 5.41) is 9.03. The fourth-order valence-corrected chi connectivity index (χ4v) is 4.27. The van der Waals surface area contributed by atoms with Gasteiger partial charge in [0.15, 0.2) is 5.96 Å². The summed E-state index contributed by atoms with van der Waals surface area (Å²) in [6.07, 6.45) is 5.31. The third-order valence-electron chi connectivity index (χ3n) is 4.94. The molecule has 2 bridgehead atoms. The highest BCUT2D eigenvalue weighted by molar-refractivity contribution is 14.0. The van der Waals surface area contributed by atoms with E-state index in [9.17, 15) is 4.79 Å². The third kappa shape index (κ3) is 5.08. The number of carbonyl (C=O) groups excluding carboxylic acids is 1. The molecule has 1 aromatic heterocycles. The molecule has 24 heavy (non-hydrogen) atoms. The van der Waals surface area contributed by atoms with Crippen LogP contribution in [-0.4, -0.2) is 43.4 Å². The monoisotopic (exact) mass is 462 g/mol. The van der Waals surface area contributed by atoms with Crippen molar-refractivity contribution < 1.29 is 4.79 Å². The van der Waals surface area contributed by atoms with Crippen LogP contribution in [0.25, 0.3) is 0 Å². The molecule has 0 spiro atoms. The van der Waals surface area contributed by atoms with Gasteiger partial charge in [-0.2, -0.15) is 0 Å². The number of amides is 1. The van der Waals surface area contributed by atoms with Gasteiger partial charge in [-0.25, -0.2) is 4.99 Å². The van der Waals surface area contributed by atoms with Crippen LogP contribution < -0.4 is 10.6 Å². The number of nitrogens with one attached hydrogen (secondary N) is 2. The molecule has 2 aliphatic rings. The molecule has 3 unspecified atom stereocenters. The van der Waals surface area contributed by atoms with Gasteiger partial charge in [-0.05, 0) is 42.5 Å². The molecule has 134 valence electrons. The van der Waals surface area contributed by atoms with Crippen molar-refractivity contribution in [2.75, 3.05) is 20.6 Å². The second-order valence-corrected chi connectivity index (χ2v) is 7.84. The van der Waals surface area contributed by atoms with Gasteiger partial charge in [-0.3, -0.25) is 4.79 Å². The minimum absolute atomic E-state index is 0. The highest BCUT2D eigenvalue weighted by Gasteiger charge is 2.39. The number of hydrogen-bond donors (Lipinski definition) is 2. The predicted molar refractivity (Wildman–Crippen MR) is 110 cm³/mol. The largest absolute Gasteiger partial charge is 0.353 e. The normalized spacial score (nSPS) is 25.2. The second-order valence-electron chi connectivity index (χ2n) is 6.81. The first-order valence-electron chi connectivity index (χ1n) is 8.39. The van der Waals surface area contributed by atoms with Crippen molar-refractivity contribution in [1.29, 1.82) is 0 Å². The molecule has 1 heterocycles. The van der Waals surface area contributed by atoms with Crippen LogP contribution in [0.15, 0.2) is 22.5 Å². The Kier molecular flexibility index (Phi) is 7.34. The Hall–Kier alpha value is -0.830. The van der Waals surface area contributed by atoms with E-state index in [1.807, 2.05) is 0 Å². The van der Waals surface area contributed by atoms with Gasteiger partial charge in [0.2, 0.25) is 5.91 Å². The average molecular weight is 462 g/mol. The number of carbonyl (C=O) groups is 1. The van der Waals surface area contributed by atoms with E-state index in [0.29, 0.717) is 6.04 Å². The Balaban J connectivity index is 0.00000208. The van der Waals surface area contributed by atoms with E-state index in [2.05, 4.69) is 33.1 Å². The summed E-state index contributed by atoms with van der Waals surface area (Å²) < 4.78 is 0. The van der Waals surface area contributed by atoms with Crippen LogP contribution in [0.1, 0.15) is 30.6 Å². The summed E-state index contributed by atoms with van der Waals surface area (Å²) in [5.41, 5.74) is 0. The number of nitrogens with zero attached hydrogens (tertiary/aromatic N) is 2. The van der Waals surface area contributed by atoms with Gasteiger partial charge in [0.05, 0.1) is 6.54 Å². The maximum atomic E-state index is 11.8.